The molecular formula is C7H11KO4S2. The minimum Gasteiger partial charge on any atom is -0.748 e. The molecule has 76 valence electrons. The first-order chi connectivity index (χ1) is 5.95. The SMILES string of the molecule is CC=CC(=O)SCCCS(=O)(=O)[O-].[K+]. The van der Waals surface area contributed by atoms with Crippen LogP contribution < -0.4 is 51.4 Å². The summed E-state index contributed by atoms with van der Waals surface area (Å²) >= 11 is 1.01. The van der Waals surface area contributed by atoms with Gasteiger partial charge in [-0.3, -0.25) is 4.79 Å². The Balaban J connectivity index is 0. The van der Waals surface area contributed by atoms with Crippen molar-refractivity contribution >= 4 is 27.0 Å². The maximum atomic E-state index is 10.8. The molecule has 0 aliphatic heterocycles. The van der Waals surface area contributed by atoms with Crippen LogP contribution in [0, 0.1) is 0 Å². The fourth-order valence-electron chi connectivity index (χ4n) is 0.593. The molecule has 0 aromatic carbocycles. The van der Waals surface area contributed by atoms with Crippen molar-refractivity contribution in [1.29, 1.82) is 0 Å². The van der Waals surface area contributed by atoms with Gasteiger partial charge in [-0.15, -0.1) is 0 Å². The smallest absolute Gasteiger partial charge is 0.748 e. The summed E-state index contributed by atoms with van der Waals surface area (Å²) in [4.78, 5) is 10.8. The average molecular weight is 262 g/mol. The van der Waals surface area contributed by atoms with Crippen molar-refractivity contribution < 1.29 is 69.1 Å². The van der Waals surface area contributed by atoms with Gasteiger partial charge in [-0.2, -0.15) is 0 Å². The summed E-state index contributed by atoms with van der Waals surface area (Å²) in [5.74, 6) is -0.0340. The fraction of sp³-hybridized carbons (Fsp3) is 0.571. The average Bonchev–Trinajstić information content (AvgIpc) is 1.97. The second kappa shape index (κ2) is 9.53. The third-order valence-corrected chi connectivity index (χ3v) is 2.79. The summed E-state index contributed by atoms with van der Waals surface area (Å²) in [5.41, 5.74) is 0. The van der Waals surface area contributed by atoms with E-state index in [1.54, 1.807) is 13.0 Å². The Labute approximate surface area is 131 Å². The Morgan fingerprint density at radius 1 is 1.50 bits per heavy atom. The minimum absolute atomic E-state index is 0. The van der Waals surface area contributed by atoms with E-state index in [0.29, 0.717) is 5.75 Å². The predicted octanol–water partition coefficient (Wildman–Crippen LogP) is -2.24. The van der Waals surface area contributed by atoms with E-state index in [9.17, 15) is 17.8 Å². The monoisotopic (exact) mass is 262 g/mol. The zero-order valence-corrected chi connectivity index (χ0v) is 13.0. The summed E-state index contributed by atoms with van der Waals surface area (Å²) in [7, 11) is -4.13. The summed E-state index contributed by atoms with van der Waals surface area (Å²) < 4.78 is 30.4. The molecule has 0 fully saturated rings. The van der Waals surface area contributed by atoms with Crippen LogP contribution in [0.2, 0.25) is 0 Å². The van der Waals surface area contributed by atoms with Gasteiger partial charge in [0, 0.05) is 11.5 Å². The van der Waals surface area contributed by atoms with Crippen LogP contribution in [-0.4, -0.2) is 29.6 Å². The predicted molar refractivity (Wildman–Crippen MR) is 51.5 cm³/mol. The Morgan fingerprint density at radius 2 is 2.07 bits per heavy atom. The Bertz CT molecular complexity index is 284. The van der Waals surface area contributed by atoms with Crippen molar-refractivity contribution in [2.45, 2.75) is 13.3 Å². The first kappa shape index (κ1) is 17.7. The third kappa shape index (κ3) is 13.3. The largest absolute Gasteiger partial charge is 1.00 e. The molecule has 4 nitrogen and oxygen atoms in total. The van der Waals surface area contributed by atoms with Gasteiger partial charge in [0.15, 0.2) is 0 Å². The Hall–Kier alpha value is 1.31. The molecule has 0 unspecified atom stereocenters. The number of hydrogen-bond donors (Lipinski definition) is 0. The van der Waals surface area contributed by atoms with Gasteiger partial charge in [0.05, 0.1) is 10.1 Å². The van der Waals surface area contributed by atoms with E-state index in [-0.39, 0.29) is 62.9 Å². The van der Waals surface area contributed by atoms with Crippen LogP contribution in [0.15, 0.2) is 12.2 Å². The Kier molecular flexibility index (Phi) is 12.0. The van der Waals surface area contributed by atoms with E-state index < -0.39 is 15.9 Å². The van der Waals surface area contributed by atoms with Crippen LogP contribution in [0.5, 0.6) is 0 Å². The minimum atomic E-state index is -4.13. The molecule has 0 saturated carbocycles. The molecule has 0 aliphatic rings. The van der Waals surface area contributed by atoms with E-state index in [1.165, 1.54) is 6.08 Å². The van der Waals surface area contributed by atoms with Gasteiger partial charge >= 0.3 is 51.4 Å². The van der Waals surface area contributed by atoms with E-state index >= 15 is 0 Å². The van der Waals surface area contributed by atoms with Gasteiger partial charge in [-0.05, 0) is 19.4 Å². The first-order valence-corrected chi connectivity index (χ1v) is 6.25. The van der Waals surface area contributed by atoms with Crippen molar-refractivity contribution in [3.05, 3.63) is 12.2 Å². The number of hydrogen-bond acceptors (Lipinski definition) is 5. The van der Waals surface area contributed by atoms with Crippen molar-refractivity contribution in [3.63, 3.8) is 0 Å². The van der Waals surface area contributed by atoms with Gasteiger partial charge in [0.1, 0.15) is 0 Å². The first-order valence-electron chi connectivity index (χ1n) is 3.68. The zero-order chi connectivity index (χ0) is 10.3. The summed E-state index contributed by atoms with van der Waals surface area (Å²) in [6.07, 6.45) is 3.23. The van der Waals surface area contributed by atoms with Crippen LogP contribution in [0.4, 0.5) is 0 Å². The van der Waals surface area contributed by atoms with Crippen LogP contribution >= 0.6 is 11.8 Å². The van der Waals surface area contributed by atoms with E-state index in [2.05, 4.69) is 0 Å². The summed E-state index contributed by atoms with van der Waals surface area (Å²) in [6.45, 7) is 1.72. The number of allylic oxidation sites excluding steroid dienone is 1. The standard InChI is InChI=1S/C7H12O4S2.K/c1-2-4-7(8)12-5-3-6-13(9,10)11;/h2,4H,3,5-6H2,1H3,(H,9,10,11);/q;+1/p-1. The van der Waals surface area contributed by atoms with E-state index in [1.807, 2.05) is 0 Å². The van der Waals surface area contributed by atoms with Gasteiger partial charge in [0.2, 0.25) is 5.12 Å². The van der Waals surface area contributed by atoms with Gasteiger partial charge in [-0.25, -0.2) is 8.42 Å². The molecule has 0 heterocycles. The molecule has 0 N–H and O–H groups in total. The molecule has 0 atom stereocenters. The van der Waals surface area contributed by atoms with Gasteiger partial charge in [-0.1, -0.05) is 17.8 Å². The van der Waals surface area contributed by atoms with Crippen LogP contribution in [-0.2, 0) is 14.9 Å². The van der Waals surface area contributed by atoms with Crippen LogP contribution in [0.1, 0.15) is 13.3 Å². The quantitative estimate of drug-likeness (QED) is 0.242. The zero-order valence-electron chi connectivity index (χ0n) is 8.23. The van der Waals surface area contributed by atoms with Crippen molar-refractivity contribution in [3.8, 4) is 0 Å². The fourth-order valence-corrected chi connectivity index (χ4v) is 2.00. The van der Waals surface area contributed by atoms with Gasteiger partial charge < -0.3 is 4.55 Å². The number of carbonyl (C=O) groups is 1. The molecule has 0 bridgehead atoms. The topological polar surface area (TPSA) is 74.3 Å². The molecule has 0 saturated heterocycles. The molecule has 0 aromatic rings. The maximum absolute atomic E-state index is 10.8. The molecule has 0 aliphatic carbocycles. The van der Waals surface area contributed by atoms with Crippen LogP contribution in [0.3, 0.4) is 0 Å². The van der Waals surface area contributed by atoms with E-state index in [4.69, 9.17) is 0 Å². The molecule has 0 amide bonds. The third-order valence-electron chi connectivity index (χ3n) is 1.09. The van der Waals surface area contributed by atoms with E-state index in [0.717, 1.165) is 11.8 Å². The van der Waals surface area contributed by atoms with Gasteiger partial charge in [0.25, 0.3) is 0 Å². The van der Waals surface area contributed by atoms with Crippen LogP contribution in [0.25, 0.3) is 0 Å². The number of thioether (sulfide) groups is 1. The van der Waals surface area contributed by atoms with Crippen molar-refractivity contribution in [2.75, 3.05) is 11.5 Å². The molecule has 0 rings (SSSR count). The molecule has 0 aromatic heterocycles. The second-order valence-electron chi connectivity index (χ2n) is 2.28. The number of carbonyl (C=O) groups excluding carboxylic acids is 1. The normalized spacial score (nSPS) is 11.3. The molecule has 0 spiro atoms. The summed E-state index contributed by atoms with van der Waals surface area (Å²) in [6, 6.07) is 0. The van der Waals surface area contributed by atoms with Crippen molar-refractivity contribution in [2.24, 2.45) is 0 Å². The number of rotatable bonds is 5. The molecule has 7 heteroatoms. The van der Waals surface area contributed by atoms with Crippen molar-refractivity contribution in [1.82, 2.24) is 0 Å². The molecule has 0 radical (unpaired) electrons. The maximum Gasteiger partial charge on any atom is 1.00 e. The Morgan fingerprint density at radius 3 is 2.50 bits per heavy atom. The summed E-state index contributed by atoms with van der Waals surface area (Å²) in [5, 5.41) is -0.120. The second-order valence-corrected chi connectivity index (χ2v) is 4.91. The molecule has 14 heavy (non-hydrogen) atoms. The molecular weight excluding hydrogens is 251 g/mol.